The van der Waals surface area contributed by atoms with Crippen LogP contribution in [0.4, 0.5) is 0 Å². The molecule has 1 aromatic rings. The summed E-state index contributed by atoms with van der Waals surface area (Å²) < 4.78 is 4.40. The smallest absolute Gasteiger partial charge is 0.339 e. The number of aromatic nitrogens is 1. The number of ketones is 1. The van der Waals surface area contributed by atoms with Crippen LogP contribution in [-0.2, 0) is 11.2 Å². The van der Waals surface area contributed by atoms with Crippen LogP contribution in [0.5, 0.6) is 0 Å². The van der Waals surface area contributed by atoms with Gasteiger partial charge in [-0.15, -0.1) is 0 Å². The molecule has 60 valence electrons. The van der Waals surface area contributed by atoms with Crippen LogP contribution in [0.2, 0.25) is 0 Å². The van der Waals surface area contributed by atoms with Gasteiger partial charge in [-0.2, -0.15) is 0 Å². The van der Waals surface area contributed by atoms with Crippen LogP contribution in [0.1, 0.15) is 19.0 Å². The Bertz CT molecular complexity index is 297. The number of aromatic amines is 1. The molecule has 0 radical (unpaired) electrons. The number of aryl methyl sites for hydroxylation is 1. The van der Waals surface area contributed by atoms with Crippen LogP contribution in [0, 0.1) is 0 Å². The highest BCUT2D eigenvalue weighted by Crippen LogP contribution is 1.95. The van der Waals surface area contributed by atoms with Crippen molar-refractivity contribution in [3.05, 3.63) is 22.2 Å². The molecule has 11 heavy (non-hydrogen) atoms. The van der Waals surface area contributed by atoms with Crippen LogP contribution in [0.3, 0.4) is 0 Å². The summed E-state index contributed by atoms with van der Waals surface area (Å²) in [5, 5.41) is 2.42. The highest BCUT2D eigenvalue weighted by atomic mass is 16.5. The second-order valence-electron chi connectivity index (χ2n) is 2.39. The minimum atomic E-state index is -0.399. The maximum atomic E-state index is 10.5. The molecule has 1 heterocycles. The van der Waals surface area contributed by atoms with Crippen LogP contribution < -0.4 is 5.63 Å². The molecule has 0 aromatic carbocycles. The zero-order chi connectivity index (χ0) is 8.27. The van der Waals surface area contributed by atoms with Crippen molar-refractivity contribution in [2.24, 2.45) is 0 Å². The number of carbonyl (C=O) groups is 1. The number of hydrogen-bond acceptors (Lipinski definition) is 3. The summed E-state index contributed by atoms with van der Waals surface area (Å²) in [6.45, 7) is 1.51. The fraction of sp³-hybridized carbons (Fsp3) is 0.429. The van der Waals surface area contributed by atoms with Crippen LogP contribution in [0.15, 0.2) is 15.4 Å². The van der Waals surface area contributed by atoms with Gasteiger partial charge >= 0.3 is 5.63 Å². The lowest BCUT2D eigenvalue weighted by molar-refractivity contribution is -0.116. The lowest BCUT2D eigenvalue weighted by Crippen LogP contribution is -1.94. The van der Waals surface area contributed by atoms with E-state index in [1.807, 2.05) is 0 Å². The third kappa shape index (κ3) is 2.41. The van der Waals surface area contributed by atoms with E-state index in [1.54, 1.807) is 0 Å². The van der Waals surface area contributed by atoms with Crippen LogP contribution >= 0.6 is 0 Å². The van der Waals surface area contributed by atoms with E-state index in [4.69, 9.17) is 0 Å². The quantitative estimate of drug-likeness (QED) is 0.690. The van der Waals surface area contributed by atoms with E-state index < -0.39 is 5.63 Å². The summed E-state index contributed by atoms with van der Waals surface area (Å²) in [4.78, 5) is 21.0. The number of H-pyrrole nitrogens is 1. The van der Waals surface area contributed by atoms with E-state index in [-0.39, 0.29) is 5.78 Å². The fourth-order valence-corrected chi connectivity index (χ4v) is 0.751. The molecule has 0 bridgehead atoms. The van der Waals surface area contributed by atoms with Crippen molar-refractivity contribution >= 4 is 5.78 Å². The van der Waals surface area contributed by atoms with Crippen molar-refractivity contribution in [3.8, 4) is 0 Å². The third-order valence-electron chi connectivity index (χ3n) is 1.32. The molecule has 4 heteroatoms. The van der Waals surface area contributed by atoms with Crippen molar-refractivity contribution in [1.29, 1.82) is 0 Å². The summed E-state index contributed by atoms with van der Waals surface area (Å²) in [7, 11) is 0. The predicted molar refractivity (Wildman–Crippen MR) is 38.3 cm³/mol. The standard InChI is InChI=1S/C7H9NO3/c1-5(9)2-3-6-4-7(10)11-8-6/h4,8H,2-3H2,1H3. The van der Waals surface area contributed by atoms with E-state index in [0.29, 0.717) is 18.5 Å². The Kier molecular flexibility index (Phi) is 2.25. The molecule has 1 N–H and O–H groups in total. The first kappa shape index (κ1) is 7.78. The maximum absolute atomic E-state index is 10.5. The number of rotatable bonds is 3. The van der Waals surface area contributed by atoms with Crippen LogP contribution in [-0.4, -0.2) is 10.9 Å². The number of carbonyl (C=O) groups excluding carboxylic acids is 1. The van der Waals surface area contributed by atoms with Crippen molar-refractivity contribution < 1.29 is 9.32 Å². The monoisotopic (exact) mass is 155 g/mol. The average Bonchev–Trinajstić information content (AvgIpc) is 2.31. The van der Waals surface area contributed by atoms with Gasteiger partial charge in [0.25, 0.3) is 0 Å². The van der Waals surface area contributed by atoms with Gasteiger partial charge in [0, 0.05) is 12.5 Å². The lowest BCUT2D eigenvalue weighted by Gasteiger charge is -1.89. The molecule has 1 aromatic heterocycles. The Balaban J connectivity index is 2.51. The second-order valence-corrected chi connectivity index (χ2v) is 2.39. The molecule has 4 nitrogen and oxygen atoms in total. The molecular formula is C7H9NO3. The SMILES string of the molecule is CC(=O)CCc1cc(=O)o[nH]1. The fourth-order valence-electron chi connectivity index (χ4n) is 0.751. The van der Waals surface area contributed by atoms with E-state index in [2.05, 4.69) is 9.68 Å². The Morgan fingerprint density at radius 2 is 2.45 bits per heavy atom. The zero-order valence-corrected chi connectivity index (χ0v) is 6.22. The summed E-state index contributed by atoms with van der Waals surface area (Å²) in [6.07, 6.45) is 0.983. The van der Waals surface area contributed by atoms with Crippen molar-refractivity contribution in [2.75, 3.05) is 0 Å². The van der Waals surface area contributed by atoms with Crippen molar-refractivity contribution in [3.63, 3.8) is 0 Å². The Morgan fingerprint density at radius 3 is 2.91 bits per heavy atom. The third-order valence-corrected chi connectivity index (χ3v) is 1.32. The zero-order valence-electron chi connectivity index (χ0n) is 6.22. The minimum Gasteiger partial charge on any atom is -0.339 e. The maximum Gasteiger partial charge on any atom is 0.357 e. The van der Waals surface area contributed by atoms with Gasteiger partial charge in [-0.3, -0.25) is 0 Å². The molecule has 0 spiro atoms. The van der Waals surface area contributed by atoms with E-state index in [9.17, 15) is 9.59 Å². The molecule has 0 amide bonds. The van der Waals surface area contributed by atoms with E-state index in [1.165, 1.54) is 13.0 Å². The number of hydrogen-bond donors (Lipinski definition) is 1. The van der Waals surface area contributed by atoms with Gasteiger partial charge in [-0.05, 0) is 13.3 Å². The summed E-state index contributed by atoms with van der Waals surface area (Å²) in [5.41, 5.74) is 0.272. The molecule has 0 saturated heterocycles. The first-order chi connectivity index (χ1) is 5.18. The largest absolute Gasteiger partial charge is 0.357 e. The van der Waals surface area contributed by atoms with Gasteiger partial charge in [0.1, 0.15) is 5.78 Å². The molecular weight excluding hydrogens is 146 g/mol. The lowest BCUT2D eigenvalue weighted by atomic mass is 10.2. The summed E-state index contributed by atoms with van der Waals surface area (Å²) in [6, 6.07) is 1.35. The molecule has 0 aliphatic rings. The number of Topliss-reactive ketones (excluding diaryl/α,β-unsaturated/α-hetero) is 1. The van der Waals surface area contributed by atoms with E-state index >= 15 is 0 Å². The first-order valence-corrected chi connectivity index (χ1v) is 3.35. The van der Waals surface area contributed by atoms with Gasteiger partial charge in [-0.1, -0.05) is 0 Å². The molecule has 0 aliphatic heterocycles. The topological polar surface area (TPSA) is 63.1 Å². The van der Waals surface area contributed by atoms with Crippen molar-refractivity contribution in [1.82, 2.24) is 5.16 Å². The second kappa shape index (κ2) is 3.18. The number of nitrogens with one attached hydrogen (secondary N) is 1. The van der Waals surface area contributed by atoms with Gasteiger partial charge < -0.3 is 9.32 Å². The Labute approximate surface area is 63.2 Å². The van der Waals surface area contributed by atoms with Gasteiger partial charge in [0.2, 0.25) is 0 Å². The van der Waals surface area contributed by atoms with Gasteiger partial charge in [0.05, 0.1) is 5.69 Å². The Hall–Kier alpha value is -1.32. The van der Waals surface area contributed by atoms with Gasteiger partial charge in [0.15, 0.2) is 0 Å². The summed E-state index contributed by atoms with van der Waals surface area (Å²) in [5.74, 6) is 0.104. The summed E-state index contributed by atoms with van der Waals surface area (Å²) >= 11 is 0. The molecule has 0 fully saturated rings. The minimum absolute atomic E-state index is 0.104. The normalized spacial score (nSPS) is 9.91. The molecule has 1 rings (SSSR count). The molecule has 0 atom stereocenters. The Morgan fingerprint density at radius 1 is 1.73 bits per heavy atom. The van der Waals surface area contributed by atoms with Crippen molar-refractivity contribution in [2.45, 2.75) is 19.8 Å². The highest BCUT2D eigenvalue weighted by Gasteiger charge is 1.99. The molecule has 0 unspecified atom stereocenters. The highest BCUT2D eigenvalue weighted by molar-refractivity contribution is 5.75. The molecule has 0 saturated carbocycles. The molecule has 0 aliphatic carbocycles. The van der Waals surface area contributed by atoms with E-state index in [0.717, 1.165) is 0 Å². The average molecular weight is 155 g/mol. The van der Waals surface area contributed by atoms with Gasteiger partial charge in [-0.25, -0.2) is 9.95 Å². The van der Waals surface area contributed by atoms with Crippen LogP contribution in [0.25, 0.3) is 0 Å². The first-order valence-electron chi connectivity index (χ1n) is 3.35. The predicted octanol–water partition coefficient (Wildman–Crippen LogP) is 0.489.